The van der Waals surface area contributed by atoms with Crippen LogP contribution in [0.5, 0.6) is 0 Å². The minimum atomic E-state index is -3.47. The van der Waals surface area contributed by atoms with Crippen LogP contribution in [0.4, 0.5) is 0 Å². The van der Waals surface area contributed by atoms with Gasteiger partial charge in [0, 0.05) is 26.7 Å². The first-order chi connectivity index (χ1) is 9.42. The fourth-order valence-corrected chi connectivity index (χ4v) is 4.21. The van der Waals surface area contributed by atoms with Crippen molar-refractivity contribution in [2.75, 3.05) is 20.1 Å². The number of nitrogens with zero attached hydrogens (tertiary/aromatic N) is 2. The van der Waals surface area contributed by atoms with Crippen molar-refractivity contribution in [1.82, 2.24) is 8.61 Å². The summed E-state index contributed by atoms with van der Waals surface area (Å²) in [7, 11) is -1.89. The third-order valence-corrected chi connectivity index (χ3v) is 6.03. The van der Waals surface area contributed by atoms with Crippen LogP contribution in [0.15, 0.2) is 30.3 Å². The molecule has 0 spiro atoms. The van der Waals surface area contributed by atoms with Gasteiger partial charge in [0.2, 0.25) is 0 Å². The minimum absolute atomic E-state index is 0.235. The van der Waals surface area contributed by atoms with Crippen molar-refractivity contribution in [2.45, 2.75) is 25.0 Å². The largest absolute Gasteiger partial charge is 0.387 e. The summed E-state index contributed by atoms with van der Waals surface area (Å²) >= 11 is 0. The van der Waals surface area contributed by atoms with E-state index in [-0.39, 0.29) is 13.1 Å². The first-order valence-corrected chi connectivity index (χ1v) is 8.29. The average Bonchev–Trinajstić information content (AvgIpc) is 3.20. The lowest BCUT2D eigenvalue weighted by Gasteiger charge is -2.46. The highest BCUT2D eigenvalue weighted by Crippen LogP contribution is 2.45. The zero-order valence-electron chi connectivity index (χ0n) is 11.6. The first-order valence-electron chi connectivity index (χ1n) is 6.89. The standard InChI is InChI=1S/C14H20N2O3S/c1-15(9-12-5-3-2-4-6-12)20(18,19)16-10-14(17,11-16)13-7-8-13/h2-6,13,17H,7-11H2,1H3. The summed E-state index contributed by atoms with van der Waals surface area (Å²) in [5.74, 6) is 0.299. The van der Waals surface area contributed by atoms with Gasteiger partial charge in [-0.05, 0) is 24.3 Å². The van der Waals surface area contributed by atoms with Crippen molar-refractivity contribution in [2.24, 2.45) is 5.92 Å². The number of hydrogen-bond donors (Lipinski definition) is 1. The van der Waals surface area contributed by atoms with Gasteiger partial charge in [0.1, 0.15) is 0 Å². The van der Waals surface area contributed by atoms with Crippen LogP contribution in [0.2, 0.25) is 0 Å². The Balaban J connectivity index is 1.64. The molecule has 0 unspecified atom stereocenters. The predicted octanol–water partition coefficient (Wildman–Crippen LogP) is 0.820. The van der Waals surface area contributed by atoms with Crippen LogP contribution in [-0.2, 0) is 16.8 Å². The summed E-state index contributed by atoms with van der Waals surface area (Å²) < 4.78 is 27.5. The molecule has 1 aliphatic carbocycles. The van der Waals surface area contributed by atoms with Crippen LogP contribution >= 0.6 is 0 Å². The molecule has 0 bridgehead atoms. The molecule has 1 aromatic carbocycles. The molecule has 20 heavy (non-hydrogen) atoms. The van der Waals surface area contributed by atoms with E-state index in [1.807, 2.05) is 30.3 Å². The Morgan fingerprint density at radius 1 is 1.30 bits per heavy atom. The van der Waals surface area contributed by atoms with Crippen LogP contribution in [0.25, 0.3) is 0 Å². The average molecular weight is 296 g/mol. The molecule has 1 N–H and O–H groups in total. The fourth-order valence-electron chi connectivity index (χ4n) is 2.73. The third kappa shape index (κ3) is 2.48. The van der Waals surface area contributed by atoms with Crippen molar-refractivity contribution < 1.29 is 13.5 Å². The number of aliphatic hydroxyl groups is 1. The van der Waals surface area contributed by atoms with E-state index < -0.39 is 15.8 Å². The zero-order valence-corrected chi connectivity index (χ0v) is 12.4. The highest BCUT2D eigenvalue weighted by Gasteiger charge is 2.55. The van der Waals surface area contributed by atoms with Crippen LogP contribution < -0.4 is 0 Å². The van der Waals surface area contributed by atoms with E-state index in [4.69, 9.17) is 0 Å². The monoisotopic (exact) mass is 296 g/mol. The van der Waals surface area contributed by atoms with Crippen LogP contribution in [-0.4, -0.2) is 47.9 Å². The Hall–Kier alpha value is -0.950. The van der Waals surface area contributed by atoms with E-state index in [0.29, 0.717) is 12.5 Å². The third-order valence-electron chi connectivity index (χ3n) is 4.21. The molecular formula is C14H20N2O3S. The number of benzene rings is 1. The van der Waals surface area contributed by atoms with Crippen molar-refractivity contribution in [3.8, 4) is 0 Å². The molecule has 0 atom stereocenters. The molecule has 0 radical (unpaired) electrons. The molecule has 1 heterocycles. The molecule has 1 aliphatic heterocycles. The van der Waals surface area contributed by atoms with E-state index in [1.165, 1.54) is 8.61 Å². The normalized spacial score (nSPS) is 22.8. The van der Waals surface area contributed by atoms with E-state index in [0.717, 1.165) is 18.4 Å². The first kappa shape index (κ1) is 14.0. The Bertz CT molecular complexity index is 578. The molecule has 0 amide bonds. The van der Waals surface area contributed by atoms with Gasteiger partial charge in [-0.1, -0.05) is 30.3 Å². The van der Waals surface area contributed by atoms with Crippen LogP contribution in [0.1, 0.15) is 18.4 Å². The van der Waals surface area contributed by atoms with Crippen molar-refractivity contribution in [1.29, 1.82) is 0 Å². The van der Waals surface area contributed by atoms with Gasteiger partial charge in [-0.2, -0.15) is 17.0 Å². The summed E-state index contributed by atoms with van der Waals surface area (Å²) in [6.45, 7) is 0.819. The minimum Gasteiger partial charge on any atom is -0.387 e. The smallest absolute Gasteiger partial charge is 0.282 e. The Morgan fingerprint density at radius 3 is 2.45 bits per heavy atom. The maximum Gasteiger partial charge on any atom is 0.282 e. The lowest BCUT2D eigenvalue weighted by atomic mass is 9.91. The van der Waals surface area contributed by atoms with Gasteiger partial charge in [0.25, 0.3) is 10.2 Å². The van der Waals surface area contributed by atoms with Crippen molar-refractivity contribution in [3.05, 3.63) is 35.9 Å². The quantitative estimate of drug-likeness (QED) is 0.875. The number of hydrogen-bond acceptors (Lipinski definition) is 3. The topological polar surface area (TPSA) is 60.9 Å². The molecule has 110 valence electrons. The zero-order chi connectivity index (χ0) is 14.4. The van der Waals surface area contributed by atoms with Crippen LogP contribution in [0, 0.1) is 5.92 Å². The summed E-state index contributed by atoms with van der Waals surface area (Å²) in [4.78, 5) is 0. The van der Waals surface area contributed by atoms with Gasteiger partial charge in [-0.25, -0.2) is 0 Å². The van der Waals surface area contributed by atoms with E-state index in [1.54, 1.807) is 7.05 Å². The maximum atomic E-state index is 12.4. The molecule has 3 rings (SSSR count). The molecule has 1 saturated heterocycles. The summed E-state index contributed by atoms with van der Waals surface area (Å²) in [6.07, 6.45) is 2.04. The van der Waals surface area contributed by atoms with E-state index in [9.17, 15) is 13.5 Å². The van der Waals surface area contributed by atoms with Crippen LogP contribution in [0.3, 0.4) is 0 Å². The molecule has 1 saturated carbocycles. The van der Waals surface area contributed by atoms with Gasteiger partial charge in [0.15, 0.2) is 0 Å². The van der Waals surface area contributed by atoms with E-state index in [2.05, 4.69) is 0 Å². The molecule has 5 nitrogen and oxygen atoms in total. The molecular weight excluding hydrogens is 276 g/mol. The number of β-amino-alcohol motifs (C(OH)–C–C–N with tert-alkyl or cyclic N) is 1. The lowest BCUT2D eigenvalue weighted by Crippen LogP contribution is -2.66. The Kier molecular flexibility index (Phi) is 3.36. The highest BCUT2D eigenvalue weighted by atomic mass is 32.2. The molecule has 6 heteroatoms. The lowest BCUT2D eigenvalue weighted by molar-refractivity contribution is -0.0783. The molecule has 0 aromatic heterocycles. The van der Waals surface area contributed by atoms with Gasteiger partial charge in [-0.3, -0.25) is 0 Å². The van der Waals surface area contributed by atoms with Gasteiger partial charge >= 0.3 is 0 Å². The molecule has 1 aromatic rings. The molecule has 2 fully saturated rings. The second kappa shape index (κ2) is 4.80. The molecule has 2 aliphatic rings. The SMILES string of the molecule is CN(Cc1ccccc1)S(=O)(=O)N1CC(O)(C2CC2)C1. The van der Waals surface area contributed by atoms with Gasteiger partial charge in [0.05, 0.1) is 5.60 Å². The summed E-state index contributed by atoms with van der Waals surface area (Å²) in [6, 6.07) is 9.50. The Labute approximate surface area is 120 Å². The summed E-state index contributed by atoms with van der Waals surface area (Å²) in [5.41, 5.74) is 0.178. The second-order valence-corrected chi connectivity index (χ2v) is 7.93. The Morgan fingerprint density at radius 2 is 1.90 bits per heavy atom. The summed E-state index contributed by atoms with van der Waals surface area (Å²) in [5, 5.41) is 10.2. The fraction of sp³-hybridized carbons (Fsp3) is 0.571. The van der Waals surface area contributed by atoms with Crippen molar-refractivity contribution >= 4 is 10.2 Å². The second-order valence-electron chi connectivity index (χ2n) is 5.90. The van der Waals surface area contributed by atoms with Crippen molar-refractivity contribution in [3.63, 3.8) is 0 Å². The van der Waals surface area contributed by atoms with Gasteiger partial charge < -0.3 is 5.11 Å². The maximum absolute atomic E-state index is 12.4. The highest BCUT2D eigenvalue weighted by molar-refractivity contribution is 7.86. The predicted molar refractivity (Wildman–Crippen MR) is 76.1 cm³/mol. The number of rotatable bonds is 5. The van der Waals surface area contributed by atoms with Gasteiger partial charge in [-0.15, -0.1) is 0 Å². The van der Waals surface area contributed by atoms with E-state index >= 15 is 0 Å².